The minimum atomic E-state index is -3.31. The van der Waals surface area contributed by atoms with Crippen molar-refractivity contribution in [2.24, 2.45) is 0 Å². The van der Waals surface area contributed by atoms with Crippen molar-refractivity contribution in [2.75, 3.05) is 64.0 Å². The van der Waals surface area contributed by atoms with Crippen LogP contribution in [0.4, 0.5) is 0 Å². The average molecular weight is 492 g/mol. The van der Waals surface area contributed by atoms with Gasteiger partial charge in [0.15, 0.2) is 0 Å². The summed E-state index contributed by atoms with van der Waals surface area (Å²) in [6.07, 6.45) is 0. The molecule has 0 aromatic carbocycles. The van der Waals surface area contributed by atoms with Gasteiger partial charge in [-0.2, -0.15) is 0 Å². The Bertz CT molecular complexity index is 585. The summed E-state index contributed by atoms with van der Waals surface area (Å²) in [5.41, 5.74) is 6.68. The van der Waals surface area contributed by atoms with Crippen molar-refractivity contribution in [2.45, 2.75) is 5.60 Å². The van der Waals surface area contributed by atoms with Crippen LogP contribution in [0.25, 0.3) is 0 Å². The molecule has 10 nitrogen and oxygen atoms in total. The van der Waals surface area contributed by atoms with Crippen molar-refractivity contribution in [3.8, 4) is 34.4 Å². The fourth-order valence-corrected chi connectivity index (χ4v) is 5.43. The van der Waals surface area contributed by atoms with Crippen molar-refractivity contribution < 1.29 is 44.3 Å². The van der Waals surface area contributed by atoms with Gasteiger partial charge in [0.1, 0.15) is 0 Å². The van der Waals surface area contributed by atoms with E-state index < -0.39 is 32.0 Å². The molecule has 0 atom stereocenters. The molecule has 3 radical (unpaired) electrons. The van der Waals surface area contributed by atoms with Gasteiger partial charge in [-0.05, 0) is 34.4 Å². The molecule has 0 aliphatic heterocycles. The highest BCUT2D eigenvalue weighted by molar-refractivity contribution is 6.70. The Kier molecular flexibility index (Phi) is 13.2. The van der Waals surface area contributed by atoms with E-state index >= 15 is 0 Å². The maximum atomic E-state index is 5.38. The first-order chi connectivity index (χ1) is 14.2. The van der Waals surface area contributed by atoms with Crippen LogP contribution in [-0.4, -0.2) is 106 Å². The fourth-order valence-electron chi connectivity index (χ4n) is 1.87. The smallest absolute Gasteiger partial charge is 0.384 e. The Labute approximate surface area is 185 Å². The normalized spacial score (nSPS) is 12.2. The number of hydrogen-bond donors (Lipinski definition) is 0. The molecule has 0 spiro atoms. The molecule has 0 aromatic rings. The zero-order chi connectivity index (χ0) is 23.3. The summed E-state index contributed by atoms with van der Waals surface area (Å²) in [5, 5.41) is 0. The Morgan fingerprint density at radius 3 is 0.800 bits per heavy atom. The van der Waals surface area contributed by atoms with Gasteiger partial charge in [-0.1, -0.05) is 0 Å². The van der Waals surface area contributed by atoms with Gasteiger partial charge in [0.2, 0.25) is 5.60 Å². The highest BCUT2D eigenvalue weighted by atomic mass is 28.4. The van der Waals surface area contributed by atoms with Gasteiger partial charge in [0.05, 0.1) is 0 Å². The van der Waals surface area contributed by atoms with Crippen molar-refractivity contribution in [1.82, 2.24) is 0 Å². The van der Waals surface area contributed by atoms with E-state index in [0.717, 1.165) is 0 Å². The Balaban J connectivity index is 6.77. The van der Waals surface area contributed by atoms with Crippen molar-refractivity contribution in [3.05, 3.63) is 0 Å². The Morgan fingerprint density at radius 1 is 0.467 bits per heavy atom. The van der Waals surface area contributed by atoms with Gasteiger partial charge in [-0.15, -0.1) is 0 Å². The van der Waals surface area contributed by atoms with E-state index in [9.17, 15) is 0 Å². The predicted molar refractivity (Wildman–Crippen MR) is 113 cm³/mol. The molecule has 0 unspecified atom stereocenters. The molecule has 0 aliphatic rings. The van der Waals surface area contributed by atoms with Crippen molar-refractivity contribution in [1.29, 1.82) is 0 Å². The molecule has 167 valence electrons. The van der Waals surface area contributed by atoms with Gasteiger partial charge in [-0.25, -0.2) is 0 Å². The van der Waals surface area contributed by atoms with Crippen molar-refractivity contribution in [3.63, 3.8) is 0 Å². The zero-order valence-corrected chi connectivity index (χ0v) is 22.6. The summed E-state index contributed by atoms with van der Waals surface area (Å²) in [6, 6.07) is 0. The monoisotopic (exact) mass is 491 g/mol. The van der Waals surface area contributed by atoms with Gasteiger partial charge < -0.3 is 44.3 Å². The fraction of sp³-hybridized carbons (Fsp3) is 0.625. The molecule has 0 aliphatic carbocycles. The van der Waals surface area contributed by atoms with Crippen LogP contribution in [0.5, 0.6) is 0 Å². The maximum absolute atomic E-state index is 5.38. The average Bonchev–Trinajstić information content (AvgIpc) is 2.82. The van der Waals surface area contributed by atoms with E-state index in [4.69, 9.17) is 44.3 Å². The molecule has 0 rings (SSSR count). The maximum Gasteiger partial charge on any atom is 0.590 e. The molecule has 0 saturated carbocycles. The van der Waals surface area contributed by atoms with Crippen LogP contribution < -0.4 is 0 Å². The molecule has 0 N–H and O–H groups in total. The highest BCUT2D eigenvalue weighted by Gasteiger charge is 2.41. The molecule has 0 bridgehead atoms. The molecule has 0 fully saturated rings. The molecule has 0 amide bonds. The molecule has 30 heavy (non-hydrogen) atoms. The van der Waals surface area contributed by atoms with E-state index in [1.165, 1.54) is 64.0 Å². The van der Waals surface area contributed by atoms with Crippen LogP contribution in [0.2, 0.25) is 0 Å². The lowest BCUT2D eigenvalue weighted by Crippen LogP contribution is -2.44. The summed E-state index contributed by atoms with van der Waals surface area (Å²) in [6.45, 7) is 0. The lowest BCUT2D eigenvalue weighted by molar-refractivity contribution is 0.141. The second-order valence-corrected chi connectivity index (χ2v) is 13.0. The van der Waals surface area contributed by atoms with Crippen LogP contribution in [0.15, 0.2) is 0 Å². The number of hydrogen-bond acceptors (Lipinski definition) is 10. The van der Waals surface area contributed by atoms with Crippen LogP contribution in [0, 0.1) is 34.4 Å². The van der Waals surface area contributed by atoms with Crippen molar-refractivity contribution >= 4 is 36.9 Å². The third-order valence-electron chi connectivity index (χ3n) is 3.75. The highest BCUT2D eigenvalue weighted by Crippen LogP contribution is 2.13. The third kappa shape index (κ3) is 7.38. The third-order valence-corrected chi connectivity index (χ3v) is 10.2. The zero-order valence-electron chi connectivity index (χ0n) is 18.6. The molecule has 0 saturated heterocycles. The summed E-state index contributed by atoms with van der Waals surface area (Å²) < 4.78 is 53.2. The SMILES string of the molecule is CO[Si](C#CC(C#C[Si](OC)(OC)OC)(C#C[Si](OC)(OC)OC)O[Si])(OC)OC. The van der Waals surface area contributed by atoms with E-state index in [1.54, 1.807) is 0 Å². The molecule has 14 heteroatoms. The Hall–Kier alpha value is -0.852. The Morgan fingerprint density at radius 2 is 0.667 bits per heavy atom. The largest absolute Gasteiger partial charge is 0.590 e. The first-order valence-electron chi connectivity index (χ1n) is 8.17. The van der Waals surface area contributed by atoms with Gasteiger partial charge >= 0.3 is 26.4 Å². The van der Waals surface area contributed by atoms with Crippen LogP contribution in [0.3, 0.4) is 0 Å². The first kappa shape index (κ1) is 29.1. The topological polar surface area (TPSA) is 92.3 Å². The predicted octanol–water partition coefficient (Wildman–Crippen LogP) is -0.913. The second-order valence-electron chi connectivity index (χ2n) is 5.04. The van der Waals surface area contributed by atoms with E-state index in [0.29, 0.717) is 0 Å². The standard InChI is InChI=1S/C16H27O10Si4/c1-17-28(18-2,19-3)13-10-16(26-27,11-14-29(20-4,21-5)22-6)12-15-30(23-7,24-8)25-9/h1-9H3. The molecular weight excluding hydrogens is 465 g/mol. The summed E-state index contributed by atoms with van der Waals surface area (Å²) in [4.78, 5) is 0. The van der Waals surface area contributed by atoms with Crippen LogP contribution >= 0.6 is 0 Å². The second kappa shape index (κ2) is 13.5. The summed E-state index contributed by atoms with van der Waals surface area (Å²) >= 11 is 0. The van der Waals surface area contributed by atoms with E-state index in [-0.39, 0.29) is 0 Å². The number of rotatable bonds is 10. The van der Waals surface area contributed by atoms with E-state index in [1.807, 2.05) is 0 Å². The van der Waals surface area contributed by atoms with Crippen LogP contribution in [0.1, 0.15) is 0 Å². The molecular formula is C16H27O10Si4. The lowest BCUT2D eigenvalue weighted by atomic mass is 10.1. The first-order valence-corrected chi connectivity index (χ1v) is 13.8. The quantitative estimate of drug-likeness (QED) is 0.282. The molecule has 0 aromatic heterocycles. The minimum Gasteiger partial charge on any atom is -0.384 e. The van der Waals surface area contributed by atoms with Gasteiger partial charge in [-0.3, -0.25) is 0 Å². The minimum absolute atomic E-state index is 1.42. The van der Waals surface area contributed by atoms with Crippen LogP contribution in [-0.2, 0) is 44.3 Å². The lowest BCUT2D eigenvalue weighted by Gasteiger charge is -2.22. The van der Waals surface area contributed by atoms with Gasteiger partial charge in [0.25, 0.3) is 10.5 Å². The summed E-state index contributed by atoms with van der Waals surface area (Å²) in [7, 11) is 5.82. The van der Waals surface area contributed by atoms with Gasteiger partial charge in [0, 0.05) is 64.0 Å². The van der Waals surface area contributed by atoms with E-state index in [2.05, 4.69) is 44.9 Å². The summed E-state index contributed by atoms with van der Waals surface area (Å²) in [5.74, 6) is 8.39. The molecule has 0 heterocycles.